The molecule has 1 aliphatic rings. The quantitative estimate of drug-likeness (QED) is 0.785. The zero-order valence-corrected chi connectivity index (χ0v) is 9.75. The van der Waals surface area contributed by atoms with Gasteiger partial charge >= 0.3 is 5.97 Å². The van der Waals surface area contributed by atoms with Crippen molar-refractivity contribution in [3.63, 3.8) is 0 Å². The van der Waals surface area contributed by atoms with Gasteiger partial charge in [-0.3, -0.25) is 0 Å². The maximum atomic E-state index is 11.7. The molecular formula is C10H8O4S2. The van der Waals surface area contributed by atoms with Crippen molar-refractivity contribution in [1.29, 1.82) is 0 Å². The molecule has 0 unspecified atom stereocenters. The summed E-state index contributed by atoms with van der Waals surface area (Å²) in [5.41, 5.74) is 0.695. The van der Waals surface area contributed by atoms with Gasteiger partial charge in [0.25, 0.3) is 0 Å². The first-order chi connectivity index (χ1) is 7.47. The predicted molar refractivity (Wildman–Crippen MR) is 62.4 cm³/mol. The van der Waals surface area contributed by atoms with E-state index in [2.05, 4.69) is 12.6 Å². The minimum atomic E-state index is -3.50. The molecule has 0 radical (unpaired) electrons. The summed E-state index contributed by atoms with van der Waals surface area (Å²) in [7, 11) is -3.50. The van der Waals surface area contributed by atoms with Crippen molar-refractivity contribution in [2.45, 2.75) is 4.90 Å². The van der Waals surface area contributed by atoms with Crippen molar-refractivity contribution < 1.29 is 18.3 Å². The molecule has 0 fully saturated rings. The molecule has 16 heavy (non-hydrogen) atoms. The van der Waals surface area contributed by atoms with Crippen LogP contribution in [0.2, 0.25) is 0 Å². The molecule has 4 nitrogen and oxygen atoms in total. The number of rotatable bonds is 2. The van der Waals surface area contributed by atoms with E-state index in [1.54, 1.807) is 0 Å². The molecule has 0 aromatic heterocycles. The van der Waals surface area contributed by atoms with Gasteiger partial charge in [0.15, 0.2) is 0 Å². The highest BCUT2D eigenvalue weighted by Crippen LogP contribution is 2.36. The zero-order chi connectivity index (χ0) is 11.9. The first kappa shape index (κ1) is 11.2. The van der Waals surface area contributed by atoms with Crippen LogP contribution < -0.4 is 0 Å². The van der Waals surface area contributed by atoms with Crippen molar-refractivity contribution >= 4 is 34.0 Å². The second kappa shape index (κ2) is 3.64. The fraction of sp³-hybridized carbons (Fsp3) is 0.100. The van der Waals surface area contributed by atoms with Gasteiger partial charge in [-0.15, -0.1) is 0 Å². The number of carboxylic acid groups (broad SMARTS) is 1. The summed E-state index contributed by atoms with van der Waals surface area (Å²) in [5.74, 6) is -0.946. The number of aromatic carboxylic acids is 1. The van der Waals surface area contributed by atoms with E-state index in [1.807, 2.05) is 0 Å². The summed E-state index contributed by atoms with van der Waals surface area (Å²) in [5, 5.41) is 10.1. The normalized spacial score (nSPS) is 16.7. The van der Waals surface area contributed by atoms with Crippen LogP contribution in [-0.2, 0) is 9.84 Å². The third-order valence-corrected chi connectivity index (χ3v) is 4.24. The molecule has 84 valence electrons. The molecule has 0 amide bonds. The maximum Gasteiger partial charge on any atom is 0.336 e. The van der Waals surface area contributed by atoms with E-state index in [9.17, 15) is 13.2 Å². The number of carboxylic acids is 1. The van der Waals surface area contributed by atoms with E-state index in [-0.39, 0.29) is 21.8 Å². The van der Waals surface area contributed by atoms with Gasteiger partial charge in [-0.2, -0.15) is 12.6 Å². The molecule has 0 spiro atoms. The van der Waals surface area contributed by atoms with E-state index < -0.39 is 15.8 Å². The lowest BCUT2D eigenvalue weighted by Crippen LogP contribution is -2.03. The number of thiol groups is 1. The number of hydrogen-bond acceptors (Lipinski definition) is 4. The maximum absolute atomic E-state index is 11.7. The highest BCUT2D eigenvalue weighted by molar-refractivity contribution is 7.95. The number of fused-ring (bicyclic) bond motifs is 1. The predicted octanol–water partition coefficient (Wildman–Crippen LogP) is 1.44. The van der Waals surface area contributed by atoms with Gasteiger partial charge in [-0.1, -0.05) is 6.07 Å². The van der Waals surface area contributed by atoms with Gasteiger partial charge in [-0.05, 0) is 17.7 Å². The molecule has 6 heteroatoms. The number of benzene rings is 1. The van der Waals surface area contributed by atoms with E-state index in [0.29, 0.717) is 5.57 Å². The molecular weight excluding hydrogens is 248 g/mol. The van der Waals surface area contributed by atoms with Crippen LogP contribution >= 0.6 is 12.6 Å². The van der Waals surface area contributed by atoms with Crippen molar-refractivity contribution in [3.8, 4) is 0 Å². The summed E-state index contributed by atoms with van der Waals surface area (Å²) in [4.78, 5) is 11.0. The molecule has 0 saturated heterocycles. The smallest absolute Gasteiger partial charge is 0.336 e. The number of carbonyl (C=O) groups is 1. The zero-order valence-electron chi connectivity index (χ0n) is 8.04. The van der Waals surface area contributed by atoms with Gasteiger partial charge in [-0.25, -0.2) is 13.2 Å². The van der Waals surface area contributed by atoms with E-state index >= 15 is 0 Å². The van der Waals surface area contributed by atoms with Crippen LogP contribution in [0.25, 0.3) is 5.57 Å². The second-order valence-corrected chi connectivity index (χ2v) is 5.41. The van der Waals surface area contributed by atoms with E-state index in [0.717, 1.165) is 5.41 Å². The standard InChI is InChI=1S/C10H8O4S2/c11-10(12)7-2-1-3-8-9(7)6(4-15)5-16(8,13)14/h1-3,5,15H,4H2,(H,11,12). The fourth-order valence-corrected chi connectivity index (χ4v) is 3.57. The molecule has 1 N–H and O–H groups in total. The summed E-state index contributed by atoms with van der Waals surface area (Å²) in [6.07, 6.45) is 0. The Morgan fingerprint density at radius 2 is 2.06 bits per heavy atom. The first-order valence-corrected chi connectivity index (χ1v) is 6.58. The van der Waals surface area contributed by atoms with Crippen LogP contribution in [0.1, 0.15) is 15.9 Å². The third kappa shape index (κ3) is 1.54. The van der Waals surface area contributed by atoms with Gasteiger partial charge < -0.3 is 5.11 Å². The SMILES string of the molecule is O=C(O)c1cccc2c1C(CS)=CS2(=O)=O. The highest BCUT2D eigenvalue weighted by atomic mass is 32.2. The van der Waals surface area contributed by atoms with Crippen LogP contribution in [0, 0.1) is 0 Å². The molecule has 0 saturated carbocycles. The van der Waals surface area contributed by atoms with Crippen LogP contribution in [0.3, 0.4) is 0 Å². The minimum absolute atomic E-state index is 0.00104. The van der Waals surface area contributed by atoms with Crippen molar-refractivity contribution in [1.82, 2.24) is 0 Å². The molecule has 0 aliphatic carbocycles. The Bertz CT molecular complexity index is 599. The molecule has 0 bridgehead atoms. The van der Waals surface area contributed by atoms with Gasteiger partial charge in [0.2, 0.25) is 9.84 Å². The average Bonchev–Trinajstić information content (AvgIpc) is 2.50. The van der Waals surface area contributed by atoms with Gasteiger partial charge in [0.1, 0.15) is 0 Å². The van der Waals surface area contributed by atoms with Crippen molar-refractivity contribution in [2.75, 3.05) is 5.75 Å². The summed E-state index contributed by atoms with van der Waals surface area (Å²) in [6, 6.07) is 4.22. The summed E-state index contributed by atoms with van der Waals surface area (Å²) < 4.78 is 23.4. The van der Waals surface area contributed by atoms with Crippen molar-refractivity contribution in [3.05, 3.63) is 34.7 Å². The average molecular weight is 256 g/mol. The Balaban J connectivity index is 2.83. The fourth-order valence-electron chi connectivity index (χ4n) is 1.70. The Morgan fingerprint density at radius 3 is 2.62 bits per heavy atom. The van der Waals surface area contributed by atoms with Crippen LogP contribution in [0.15, 0.2) is 28.5 Å². The Morgan fingerprint density at radius 1 is 1.38 bits per heavy atom. The summed E-state index contributed by atoms with van der Waals surface area (Å²) >= 11 is 4.01. The van der Waals surface area contributed by atoms with Crippen LogP contribution in [-0.4, -0.2) is 25.2 Å². The minimum Gasteiger partial charge on any atom is -0.478 e. The van der Waals surface area contributed by atoms with Crippen LogP contribution in [0.5, 0.6) is 0 Å². The Labute approximate surface area is 97.9 Å². The van der Waals surface area contributed by atoms with Crippen LogP contribution in [0.4, 0.5) is 0 Å². The lowest BCUT2D eigenvalue weighted by Gasteiger charge is -2.05. The lowest BCUT2D eigenvalue weighted by molar-refractivity contribution is 0.0696. The molecule has 1 heterocycles. The molecule has 1 aliphatic heterocycles. The summed E-state index contributed by atoms with van der Waals surface area (Å²) in [6.45, 7) is 0. The molecule has 1 aromatic carbocycles. The largest absolute Gasteiger partial charge is 0.478 e. The first-order valence-electron chi connectivity index (χ1n) is 4.40. The van der Waals surface area contributed by atoms with E-state index in [4.69, 9.17) is 5.11 Å². The van der Waals surface area contributed by atoms with Crippen molar-refractivity contribution in [2.24, 2.45) is 0 Å². The third-order valence-electron chi connectivity index (χ3n) is 2.35. The molecule has 0 atom stereocenters. The Hall–Kier alpha value is -1.27. The number of hydrogen-bond donors (Lipinski definition) is 2. The van der Waals surface area contributed by atoms with Gasteiger partial charge in [0, 0.05) is 16.7 Å². The molecule has 2 rings (SSSR count). The monoisotopic (exact) mass is 256 g/mol. The highest BCUT2D eigenvalue weighted by Gasteiger charge is 2.30. The van der Waals surface area contributed by atoms with Gasteiger partial charge in [0.05, 0.1) is 10.5 Å². The number of sulfone groups is 1. The Kier molecular flexibility index (Phi) is 2.55. The molecule has 1 aromatic rings. The topological polar surface area (TPSA) is 71.4 Å². The second-order valence-electron chi connectivity index (χ2n) is 3.33. The van der Waals surface area contributed by atoms with E-state index in [1.165, 1.54) is 18.2 Å². The lowest BCUT2D eigenvalue weighted by atomic mass is 10.0.